The molecule has 1 aromatic rings. The molecular weight excluding hydrogens is 290 g/mol. The van der Waals surface area contributed by atoms with E-state index in [-0.39, 0.29) is 51.5 Å². The van der Waals surface area contributed by atoms with E-state index >= 15 is 0 Å². The summed E-state index contributed by atoms with van der Waals surface area (Å²) in [6, 6.07) is 1.90. The topological polar surface area (TPSA) is 112 Å². The van der Waals surface area contributed by atoms with E-state index in [4.69, 9.17) is 29.9 Å². The van der Waals surface area contributed by atoms with Crippen LogP contribution < -0.4 is 0 Å². The maximum atomic E-state index is 8.95. The van der Waals surface area contributed by atoms with Crippen molar-refractivity contribution in [2.75, 3.05) is 39.6 Å². The van der Waals surface area contributed by atoms with Gasteiger partial charge in [0.2, 0.25) is 0 Å². The zero-order valence-electron chi connectivity index (χ0n) is 12.6. The normalized spacial score (nSPS) is 11.5. The predicted octanol–water partition coefficient (Wildman–Crippen LogP) is -0.684. The SMILES string of the molecule is OCC(CO)COCc1cncc(COCC(CO)CO)c1. The van der Waals surface area contributed by atoms with Gasteiger partial charge in [0.1, 0.15) is 0 Å². The van der Waals surface area contributed by atoms with Crippen molar-refractivity contribution >= 4 is 0 Å². The van der Waals surface area contributed by atoms with Crippen LogP contribution in [0.15, 0.2) is 18.5 Å². The Labute approximate surface area is 130 Å². The first-order valence-electron chi connectivity index (χ1n) is 7.25. The Balaban J connectivity index is 2.35. The second-order valence-corrected chi connectivity index (χ2v) is 5.19. The third-order valence-electron chi connectivity index (χ3n) is 3.13. The Morgan fingerprint density at radius 1 is 0.773 bits per heavy atom. The molecule has 0 unspecified atom stereocenters. The van der Waals surface area contributed by atoms with Gasteiger partial charge in [0.15, 0.2) is 0 Å². The molecular formula is C15H25NO6. The van der Waals surface area contributed by atoms with Crippen LogP contribution in [0.4, 0.5) is 0 Å². The number of aliphatic hydroxyl groups is 4. The van der Waals surface area contributed by atoms with Gasteiger partial charge in [0.25, 0.3) is 0 Å². The van der Waals surface area contributed by atoms with Crippen LogP contribution in [-0.2, 0) is 22.7 Å². The van der Waals surface area contributed by atoms with Crippen molar-refractivity contribution < 1.29 is 29.9 Å². The van der Waals surface area contributed by atoms with Crippen LogP contribution >= 0.6 is 0 Å². The van der Waals surface area contributed by atoms with Crippen LogP contribution in [0.2, 0.25) is 0 Å². The molecule has 0 aliphatic rings. The lowest BCUT2D eigenvalue weighted by Gasteiger charge is -2.13. The van der Waals surface area contributed by atoms with Gasteiger partial charge in [0, 0.05) is 24.2 Å². The van der Waals surface area contributed by atoms with Gasteiger partial charge in [-0.15, -0.1) is 0 Å². The Hall–Kier alpha value is -1.09. The molecule has 1 heterocycles. The fourth-order valence-electron chi connectivity index (χ4n) is 1.71. The number of hydrogen-bond donors (Lipinski definition) is 4. The zero-order chi connectivity index (χ0) is 16.2. The van der Waals surface area contributed by atoms with Gasteiger partial charge < -0.3 is 29.9 Å². The second-order valence-electron chi connectivity index (χ2n) is 5.19. The van der Waals surface area contributed by atoms with Crippen LogP contribution in [-0.4, -0.2) is 65.1 Å². The van der Waals surface area contributed by atoms with Gasteiger partial charge in [0.05, 0.1) is 52.9 Å². The molecule has 0 atom stereocenters. The molecule has 0 spiro atoms. The molecule has 0 fully saturated rings. The highest BCUT2D eigenvalue weighted by atomic mass is 16.5. The molecule has 0 aromatic carbocycles. The number of aliphatic hydroxyl groups excluding tert-OH is 4. The fourth-order valence-corrected chi connectivity index (χ4v) is 1.71. The molecule has 126 valence electrons. The molecule has 7 nitrogen and oxygen atoms in total. The summed E-state index contributed by atoms with van der Waals surface area (Å²) in [7, 11) is 0. The Morgan fingerprint density at radius 2 is 1.18 bits per heavy atom. The summed E-state index contributed by atoms with van der Waals surface area (Å²) in [6.07, 6.45) is 3.36. The van der Waals surface area contributed by atoms with E-state index < -0.39 is 0 Å². The molecule has 4 N–H and O–H groups in total. The first kappa shape index (κ1) is 19.0. The first-order chi connectivity index (χ1) is 10.7. The van der Waals surface area contributed by atoms with Gasteiger partial charge in [-0.2, -0.15) is 0 Å². The second kappa shape index (κ2) is 11.5. The minimum absolute atomic E-state index is 0.112. The number of pyridine rings is 1. The maximum absolute atomic E-state index is 8.95. The van der Waals surface area contributed by atoms with Crippen LogP contribution in [0.3, 0.4) is 0 Å². The highest BCUT2D eigenvalue weighted by molar-refractivity contribution is 5.16. The Morgan fingerprint density at radius 3 is 1.55 bits per heavy atom. The largest absolute Gasteiger partial charge is 0.396 e. The quantitative estimate of drug-likeness (QED) is 0.404. The van der Waals surface area contributed by atoms with Crippen molar-refractivity contribution in [1.29, 1.82) is 0 Å². The number of hydrogen-bond acceptors (Lipinski definition) is 7. The summed E-state index contributed by atoms with van der Waals surface area (Å²) < 4.78 is 10.9. The fraction of sp³-hybridized carbons (Fsp3) is 0.667. The molecule has 7 heteroatoms. The summed E-state index contributed by atoms with van der Waals surface area (Å²) in [5.74, 6) is -0.540. The van der Waals surface area contributed by atoms with Crippen molar-refractivity contribution in [2.24, 2.45) is 11.8 Å². The number of aromatic nitrogens is 1. The van der Waals surface area contributed by atoms with E-state index in [2.05, 4.69) is 4.98 Å². The van der Waals surface area contributed by atoms with Gasteiger partial charge in [-0.05, 0) is 17.2 Å². The highest BCUT2D eigenvalue weighted by Gasteiger charge is 2.07. The molecule has 0 bridgehead atoms. The van der Waals surface area contributed by atoms with E-state index in [9.17, 15) is 0 Å². The first-order valence-corrected chi connectivity index (χ1v) is 7.25. The molecule has 22 heavy (non-hydrogen) atoms. The monoisotopic (exact) mass is 315 g/mol. The zero-order valence-corrected chi connectivity index (χ0v) is 12.6. The molecule has 0 aliphatic carbocycles. The van der Waals surface area contributed by atoms with Gasteiger partial charge in [-0.25, -0.2) is 0 Å². The summed E-state index contributed by atoms with van der Waals surface area (Å²) in [4.78, 5) is 4.10. The van der Waals surface area contributed by atoms with Crippen LogP contribution in [0.1, 0.15) is 11.1 Å². The average Bonchev–Trinajstić information content (AvgIpc) is 2.56. The maximum Gasteiger partial charge on any atom is 0.0732 e. The van der Waals surface area contributed by atoms with Crippen molar-refractivity contribution in [1.82, 2.24) is 4.98 Å². The van der Waals surface area contributed by atoms with E-state index in [0.29, 0.717) is 13.2 Å². The Bertz CT molecular complexity index is 362. The third kappa shape index (κ3) is 7.26. The number of rotatable bonds is 12. The lowest BCUT2D eigenvalue weighted by molar-refractivity contribution is 0.0354. The highest BCUT2D eigenvalue weighted by Crippen LogP contribution is 2.08. The van der Waals surface area contributed by atoms with Crippen LogP contribution in [0, 0.1) is 11.8 Å². The molecule has 0 amide bonds. The Kier molecular flexibility index (Phi) is 9.89. The molecule has 0 radical (unpaired) electrons. The molecule has 0 saturated carbocycles. The van der Waals surface area contributed by atoms with Crippen LogP contribution in [0.5, 0.6) is 0 Å². The summed E-state index contributed by atoms with van der Waals surface area (Å²) in [5, 5.41) is 35.8. The summed E-state index contributed by atoms with van der Waals surface area (Å²) in [6.45, 7) is 0.795. The molecule has 1 rings (SSSR count). The van der Waals surface area contributed by atoms with E-state index in [1.165, 1.54) is 0 Å². The summed E-state index contributed by atoms with van der Waals surface area (Å²) >= 11 is 0. The van der Waals surface area contributed by atoms with Crippen molar-refractivity contribution in [2.45, 2.75) is 13.2 Å². The van der Waals surface area contributed by atoms with Crippen molar-refractivity contribution in [3.8, 4) is 0 Å². The predicted molar refractivity (Wildman–Crippen MR) is 78.9 cm³/mol. The van der Waals surface area contributed by atoms with Gasteiger partial charge in [-0.3, -0.25) is 4.98 Å². The number of nitrogens with zero attached hydrogens (tertiary/aromatic N) is 1. The lowest BCUT2D eigenvalue weighted by atomic mass is 10.2. The van der Waals surface area contributed by atoms with Crippen molar-refractivity contribution in [3.05, 3.63) is 29.6 Å². The minimum atomic E-state index is -0.270. The van der Waals surface area contributed by atoms with E-state index in [0.717, 1.165) is 11.1 Å². The van der Waals surface area contributed by atoms with Crippen LogP contribution in [0.25, 0.3) is 0 Å². The number of ether oxygens (including phenoxy) is 2. The van der Waals surface area contributed by atoms with E-state index in [1.54, 1.807) is 12.4 Å². The average molecular weight is 315 g/mol. The smallest absolute Gasteiger partial charge is 0.0732 e. The summed E-state index contributed by atoms with van der Waals surface area (Å²) in [5.41, 5.74) is 1.74. The standard InChI is InChI=1S/C15H25NO6/c17-4-14(5-18)10-21-8-12-1-13(3-16-2-12)9-22-11-15(6-19)7-20/h1-3,14-15,17-20H,4-11H2. The molecule has 1 aromatic heterocycles. The third-order valence-corrected chi connectivity index (χ3v) is 3.13. The molecule has 0 saturated heterocycles. The van der Waals surface area contributed by atoms with Gasteiger partial charge >= 0.3 is 0 Å². The minimum Gasteiger partial charge on any atom is -0.396 e. The molecule has 0 aliphatic heterocycles. The van der Waals surface area contributed by atoms with Crippen molar-refractivity contribution in [3.63, 3.8) is 0 Å². The van der Waals surface area contributed by atoms with Gasteiger partial charge in [-0.1, -0.05) is 0 Å². The lowest BCUT2D eigenvalue weighted by Crippen LogP contribution is -2.18. The van der Waals surface area contributed by atoms with E-state index in [1.807, 2.05) is 6.07 Å².